The molecule has 0 spiro atoms. The lowest BCUT2D eigenvalue weighted by atomic mass is 10.0. The lowest BCUT2D eigenvalue weighted by Crippen LogP contribution is -2.21. The number of hydrogen-bond acceptors (Lipinski definition) is 2. The molecule has 2 N–H and O–H groups in total. The van der Waals surface area contributed by atoms with Crippen LogP contribution in [0.2, 0.25) is 0 Å². The van der Waals surface area contributed by atoms with E-state index in [1.54, 1.807) is 0 Å². The van der Waals surface area contributed by atoms with Crippen molar-refractivity contribution in [2.45, 2.75) is 39.7 Å². The van der Waals surface area contributed by atoms with Gasteiger partial charge < -0.3 is 10.5 Å². The van der Waals surface area contributed by atoms with Gasteiger partial charge in [-0.3, -0.25) is 0 Å². The van der Waals surface area contributed by atoms with Crippen molar-refractivity contribution >= 4 is 15.9 Å². The monoisotopic (exact) mass is 347 g/mol. The molecule has 2 aromatic rings. The number of halogens is 1. The average molecular weight is 348 g/mol. The van der Waals surface area contributed by atoms with Gasteiger partial charge in [0.2, 0.25) is 0 Å². The van der Waals surface area contributed by atoms with Crippen molar-refractivity contribution in [3.8, 4) is 11.5 Å². The highest BCUT2D eigenvalue weighted by molar-refractivity contribution is 9.10. The summed E-state index contributed by atoms with van der Waals surface area (Å²) in [6, 6.07) is 12.4. The van der Waals surface area contributed by atoms with Crippen LogP contribution < -0.4 is 10.5 Å². The standard InChI is InChI=1S/C18H22BrNO/c1-4-16(20)11-14-10-15(19)6-8-18(14)21-17-7-5-12(2)13(3)9-17/h5-10,16H,4,11,20H2,1-3H3. The first-order valence-electron chi connectivity index (χ1n) is 7.28. The Labute approximate surface area is 135 Å². The minimum atomic E-state index is 0.154. The highest BCUT2D eigenvalue weighted by Crippen LogP contribution is 2.30. The van der Waals surface area contributed by atoms with Gasteiger partial charge in [-0.1, -0.05) is 28.9 Å². The number of rotatable bonds is 5. The van der Waals surface area contributed by atoms with Crippen molar-refractivity contribution in [3.05, 3.63) is 57.6 Å². The zero-order valence-electron chi connectivity index (χ0n) is 12.8. The Balaban J connectivity index is 2.28. The molecule has 2 nitrogen and oxygen atoms in total. The largest absolute Gasteiger partial charge is 0.457 e. The number of ether oxygens (including phenoxy) is 1. The topological polar surface area (TPSA) is 35.2 Å². The van der Waals surface area contributed by atoms with Crippen LogP contribution in [-0.2, 0) is 6.42 Å². The molecule has 2 aromatic carbocycles. The molecule has 1 unspecified atom stereocenters. The molecule has 0 aromatic heterocycles. The highest BCUT2D eigenvalue weighted by Gasteiger charge is 2.10. The molecule has 0 amide bonds. The van der Waals surface area contributed by atoms with Crippen LogP contribution in [0.25, 0.3) is 0 Å². The summed E-state index contributed by atoms with van der Waals surface area (Å²) in [5, 5.41) is 0. The molecule has 0 saturated carbocycles. The van der Waals surface area contributed by atoms with Gasteiger partial charge in [0.15, 0.2) is 0 Å². The predicted molar refractivity (Wildman–Crippen MR) is 92.1 cm³/mol. The third-order valence-corrected chi connectivity index (χ3v) is 4.23. The molecular formula is C18H22BrNO. The maximum atomic E-state index is 6.09. The molecule has 0 aliphatic carbocycles. The fraction of sp³-hybridized carbons (Fsp3) is 0.333. The normalized spacial score (nSPS) is 12.2. The first-order chi connectivity index (χ1) is 9.99. The van der Waals surface area contributed by atoms with Gasteiger partial charge in [0.05, 0.1) is 0 Å². The quantitative estimate of drug-likeness (QED) is 0.812. The van der Waals surface area contributed by atoms with Gasteiger partial charge in [0.1, 0.15) is 11.5 Å². The summed E-state index contributed by atoms with van der Waals surface area (Å²) in [5.41, 5.74) is 9.73. The second-order valence-corrected chi connectivity index (χ2v) is 6.39. The Bertz CT molecular complexity index is 625. The smallest absolute Gasteiger partial charge is 0.130 e. The highest BCUT2D eigenvalue weighted by atomic mass is 79.9. The summed E-state index contributed by atoms with van der Waals surface area (Å²) in [5.74, 6) is 1.75. The van der Waals surface area contributed by atoms with Crippen molar-refractivity contribution in [3.63, 3.8) is 0 Å². The molecule has 0 radical (unpaired) electrons. The van der Waals surface area contributed by atoms with E-state index in [2.05, 4.69) is 54.9 Å². The zero-order valence-corrected chi connectivity index (χ0v) is 14.4. The number of nitrogens with two attached hydrogens (primary N) is 1. The molecule has 0 saturated heterocycles. The van der Waals surface area contributed by atoms with E-state index in [4.69, 9.17) is 10.5 Å². The van der Waals surface area contributed by atoms with Gasteiger partial charge >= 0.3 is 0 Å². The molecule has 0 aliphatic heterocycles. The lowest BCUT2D eigenvalue weighted by Gasteiger charge is -2.15. The Hall–Kier alpha value is -1.32. The molecule has 21 heavy (non-hydrogen) atoms. The van der Waals surface area contributed by atoms with E-state index >= 15 is 0 Å². The Kier molecular flexibility index (Phi) is 5.43. The molecule has 0 heterocycles. The number of hydrogen-bond donors (Lipinski definition) is 1. The van der Waals surface area contributed by atoms with Gasteiger partial charge in [-0.15, -0.1) is 0 Å². The van der Waals surface area contributed by atoms with Gasteiger partial charge in [-0.25, -0.2) is 0 Å². The van der Waals surface area contributed by atoms with Gasteiger partial charge in [-0.05, 0) is 73.7 Å². The Morgan fingerprint density at radius 1 is 1.10 bits per heavy atom. The summed E-state index contributed by atoms with van der Waals surface area (Å²) in [6.45, 7) is 6.30. The lowest BCUT2D eigenvalue weighted by molar-refractivity contribution is 0.471. The van der Waals surface area contributed by atoms with E-state index in [-0.39, 0.29) is 6.04 Å². The zero-order chi connectivity index (χ0) is 15.4. The molecule has 0 bridgehead atoms. The Morgan fingerprint density at radius 3 is 2.52 bits per heavy atom. The average Bonchev–Trinajstić information content (AvgIpc) is 2.45. The fourth-order valence-electron chi connectivity index (χ4n) is 2.14. The maximum Gasteiger partial charge on any atom is 0.130 e. The second-order valence-electron chi connectivity index (χ2n) is 5.47. The SMILES string of the molecule is CCC(N)Cc1cc(Br)ccc1Oc1ccc(C)c(C)c1. The summed E-state index contributed by atoms with van der Waals surface area (Å²) in [7, 11) is 0. The molecule has 0 fully saturated rings. The van der Waals surface area contributed by atoms with Crippen molar-refractivity contribution < 1.29 is 4.74 Å². The number of aryl methyl sites for hydroxylation is 2. The van der Waals surface area contributed by atoms with Crippen LogP contribution in [0.3, 0.4) is 0 Å². The first kappa shape index (κ1) is 16.1. The predicted octanol–water partition coefficient (Wildman–Crippen LogP) is 5.14. The maximum absolute atomic E-state index is 6.09. The van der Waals surface area contributed by atoms with E-state index in [1.165, 1.54) is 11.1 Å². The van der Waals surface area contributed by atoms with Crippen LogP contribution in [-0.4, -0.2) is 6.04 Å². The van der Waals surface area contributed by atoms with Crippen LogP contribution in [0, 0.1) is 13.8 Å². The van der Waals surface area contributed by atoms with Crippen molar-refractivity contribution in [1.29, 1.82) is 0 Å². The summed E-state index contributed by atoms with van der Waals surface area (Å²) >= 11 is 3.52. The van der Waals surface area contributed by atoms with E-state index < -0.39 is 0 Å². The van der Waals surface area contributed by atoms with Gasteiger partial charge in [0.25, 0.3) is 0 Å². The van der Waals surface area contributed by atoms with E-state index in [0.29, 0.717) is 0 Å². The molecule has 2 rings (SSSR count). The minimum absolute atomic E-state index is 0.154. The van der Waals surface area contributed by atoms with Gasteiger partial charge in [0, 0.05) is 10.5 Å². The summed E-state index contributed by atoms with van der Waals surface area (Å²) in [6.07, 6.45) is 1.77. The second kappa shape index (κ2) is 7.10. The van der Waals surface area contributed by atoms with Crippen molar-refractivity contribution in [1.82, 2.24) is 0 Å². The summed E-state index contributed by atoms with van der Waals surface area (Å²) < 4.78 is 7.12. The van der Waals surface area contributed by atoms with E-state index in [9.17, 15) is 0 Å². The van der Waals surface area contributed by atoms with E-state index in [0.717, 1.165) is 34.4 Å². The molecular weight excluding hydrogens is 326 g/mol. The minimum Gasteiger partial charge on any atom is -0.457 e. The number of benzene rings is 2. The molecule has 0 aliphatic rings. The third-order valence-electron chi connectivity index (χ3n) is 3.74. The van der Waals surface area contributed by atoms with Crippen LogP contribution in [0.5, 0.6) is 11.5 Å². The van der Waals surface area contributed by atoms with Gasteiger partial charge in [-0.2, -0.15) is 0 Å². The summed E-state index contributed by atoms with van der Waals surface area (Å²) in [4.78, 5) is 0. The van der Waals surface area contributed by atoms with Crippen LogP contribution in [0.1, 0.15) is 30.0 Å². The molecule has 112 valence electrons. The molecule has 3 heteroatoms. The Morgan fingerprint density at radius 2 is 1.86 bits per heavy atom. The van der Waals surface area contributed by atoms with Crippen molar-refractivity contribution in [2.24, 2.45) is 5.73 Å². The van der Waals surface area contributed by atoms with Crippen LogP contribution in [0.4, 0.5) is 0 Å². The molecule has 1 atom stereocenters. The third kappa shape index (κ3) is 4.32. The first-order valence-corrected chi connectivity index (χ1v) is 8.08. The fourth-order valence-corrected chi connectivity index (χ4v) is 2.55. The van der Waals surface area contributed by atoms with E-state index in [1.807, 2.05) is 18.2 Å². The van der Waals surface area contributed by atoms with Crippen LogP contribution >= 0.6 is 15.9 Å². The van der Waals surface area contributed by atoms with Crippen molar-refractivity contribution in [2.75, 3.05) is 0 Å². The van der Waals surface area contributed by atoms with Crippen LogP contribution in [0.15, 0.2) is 40.9 Å².